The average molecular weight is 260 g/mol. The van der Waals surface area contributed by atoms with Crippen molar-refractivity contribution in [1.82, 2.24) is 5.32 Å². The SMILES string of the molecule is CC(C)NC(=O)c1ccc(Br)c(F)c1. The van der Waals surface area contributed by atoms with Crippen LogP contribution in [-0.2, 0) is 0 Å². The fourth-order valence-corrected chi connectivity index (χ4v) is 1.23. The second-order valence-electron chi connectivity index (χ2n) is 3.26. The summed E-state index contributed by atoms with van der Waals surface area (Å²) in [5.74, 6) is -0.687. The molecule has 0 saturated carbocycles. The van der Waals surface area contributed by atoms with Gasteiger partial charge in [0.2, 0.25) is 0 Å². The summed E-state index contributed by atoms with van der Waals surface area (Å²) in [6, 6.07) is 4.35. The van der Waals surface area contributed by atoms with E-state index in [0.29, 0.717) is 10.0 Å². The predicted molar refractivity (Wildman–Crippen MR) is 56.7 cm³/mol. The third-order valence-corrected chi connectivity index (χ3v) is 2.24. The highest BCUT2D eigenvalue weighted by Gasteiger charge is 2.08. The molecule has 0 aliphatic heterocycles. The minimum Gasteiger partial charge on any atom is -0.350 e. The molecule has 1 N–H and O–H groups in total. The Balaban J connectivity index is 2.86. The van der Waals surface area contributed by atoms with Crippen LogP contribution in [0, 0.1) is 5.82 Å². The van der Waals surface area contributed by atoms with E-state index in [0.717, 1.165) is 0 Å². The summed E-state index contributed by atoms with van der Waals surface area (Å²) < 4.78 is 13.4. The Labute approximate surface area is 90.6 Å². The van der Waals surface area contributed by atoms with Crippen LogP contribution in [0.2, 0.25) is 0 Å². The smallest absolute Gasteiger partial charge is 0.251 e. The van der Waals surface area contributed by atoms with Gasteiger partial charge in [-0.15, -0.1) is 0 Å². The quantitative estimate of drug-likeness (QED) is 0.870. The normalized spacial score (nSPS) is 10.4. The molecule has 76 valence electrons. The fraction of sp³-hybridized carbons (Fsp3) is 0.300. The third-order valence-electron chi connectivity index (χ3n) is 1.60. The first-order valence-electron chi connectivity index (χ1n) is 4.26. The minimum atomic E-state index is -0.429. The summed E-state index contributed by atoms with van der Waals surface area (Å²) >= 11 is 3.02. The molecule has 0 aromatic heterocycles. The number of carbonyl (C=O) groups is 1. The standard InChI is InChI=1S/C10H11BrFNO/c1-6(2)13-10(14)7-3-4-8(11)9(12)5-7/h3-6H,1-2H3,(H,13,14). The highest BCUT2D eigenvalue weighted by molar-refractivity contribution is 9.10. The number of benzene rings is 1. The van der Waals surface area contributed by atoms with Gasteiger partial charge in [0, 0.05) is 11.6 Å². The molecule has 0 saturated heterocycles. The Hall–Kier alpha value is -0.900. The van der Waals surface area contributed by atoms with Crippen LogP contribution < -0.4 is 5.32 Å². The molecule has 1 aromatic rings. The van der Waals surface area contributed by atoms with E-state index < -0.39 is 5.82 Å². The molecule has 1 aromatic carbocycles. The number of halogens is 2. The molecule has 0 aliphatic rings. The van der Waals surface area contributed by atoms with Gasteiger partial charge in [-0.05, 0) is 48.0 Å². The summed E-state index contributed by atoms with van der Waals surface area (Å²) in [5, 5.41) is 2.68. The van der Waals surface area contributed by atoms with E-state index in [-0.39, 0.29) is 11.9 Å². The van der Waals surface area contributed by atoms with Crippen molar-refractivity contribution in [2.75, 3.05) is 0 Å². The zero-order valence-electron chi connectivity index (χ0n) is 7.97. The van der Waals surface area contributed by atoms with Gasteiger partial charge < -0.3 is 5.32 Å². The van der Waals surface area contributed by atoms with Crippen LogP contribution in [0.15, 0.2) is 22.7 Å². The second kappa shape index (κ2) is 4.55. The van der Waals surface area contributed by atoms with Crippen LogP contribution in [0.4, 0.5) is 4.39 Å². The topological polar surface area (TPSA) is 29.1 Å². The maximum Gasteiger partial charge on any atom is 0.251 e. The third kappa shape index (κ3) is 2.80. The van der Waals surface area contributed by atoms with Crippen molar-refractivity contribution < 1.29 is 9.18 Å². The minimum absolute atomic E-state index is 0.0502. The first-order chi connectivity index (χ1) is 6.50. The Morgan fingerprint density at radius 2 is 2.14 bits per heavy atom. The number of rotatable bonds is 2. The maximum absolute atomic E-state index is 13.1. The van der Waals surface area contributed by atoms with Crippen molar-refractivity contribution in [2.45, 2.75) is 19.9 Å². The maximum atomic E-state index is 13.1. The molecule has 0 aliphatic carbocycles. The number of nitrogens with one attached hydrogen (secondary N) is 1. The van der Waals surface area contributed by atoms with E-state index >= 15 is 0 Å². The largest absolute Gasteiger partial charge is 0.350 e. The average Bonchev–Trinajstić information content (AvgIpc) is 2.08. The summed E-state index contributed by atoms with van der Waals surface area (Å²) in [4.78, 5) is 11.4. The summed E-state index contributed by atoms with van der Waals surface area (Å²) in [6.45, 7) is 3.71. The molecule has 1 rings (SSSR count). The first-order valence-corrected chi connectivity index (χ1v) is 5.06. The summed E-state index contributed by atoms with van der Waals surface area (Å²) in [7, 11) is 0. The predicted octanol–water partition coefficient (Wildman–Crippen LogP) is 2.73. The van der Waals surface area contributed by atoms with Gasteiger partial charge >= 0.3 is 0 Å². The molecule has 0 fully saturated rings. The molecule has 2 nitrogen and oxygen atoms in total. The number of carbonyl (C=O) groups excluding carboxylic acids is 1. The van der Waals surface area contributed by atoms with Crippen molar-refractivity contribution >= 4 is 21.8 Å². The van der Waals surface area contributed by atoms with E-state index in [9.17, 15) is 9.18 Å². The van der Waals surface area contributed by atoms with Crippen LogP contribution in [0.5, 0.6) is 0 Å². The molecule has 0 heterocycles. The lowest BCUT2D eigenvalue weighted by molar-refractivity contribution is 0.0942. The zero-order valence-corrected chi connectivity index (χ0v) is 9.56. The summed E-state index contributed by atoms with van der Waals surface area (Å²) in [5.41, 5.74) is 0.333. The lowest BCUT2D eigenvalue weighted by Crippen LogP contribution is -2.30. The number of hydrogen-bond donors (Lipinski definition) is 1. The molecule has 0 spiro atoms. The lowest BCUT2D eigenvalue weighted by Gasteiger charge is -2.08. The van der Waals surface area contributed by atoms with E-state index in [4.69, 9.17) is 0 Å². The Bertz CT molecular complexity index is 352. The molecule has 1 amide bonds. The Morgan fingerprint density at radius 3 is 2.64 bits per heavy atom. The van der Waals surface area contributed by atoms with Crippen LogP contribution in [0.25, 0.3) is 0 Å². The molecule has 14 heavy (non-hydrogen) atoms. The summed E-state index contributed by atoms with van der Waals surface area (Å²) in [6.07, 6.45) is 0. The second-order valence-corrected chi connectivity index (χ2v) is 4.11. The highest BCUT2D eigenvalue weighted by Crippen LogP contribution is 2.16. The van der Waals surface area contributed by atoms with Crippen LogP contribution in [0.1, 0.15) is 24.2 Å². The first kappa shape index (κ1) is 11.2. The number of amides is 1. The molecule has 4 heteroatoms. The monoisotopic (exact) mass is 259 g/mol. The molecular formula is C10H11BrFNO. The van der Waals surface area contributed by atoms with Gasteiger partial charge in [-0.2, -0.15) is 0 Å². The lowest BCUT2D eigenvalue weighted by atomic mass is 10.2. The van der Waals surface area contributed by atoms with Gasteiger partial charge in [0.05, 0.1) is 4.47 Å². The molecule has 0 atom stereocenters. The van der Waals surface area contributed by atoms with Crippen molar-refractivity contribution in [1.29, 1.82) is 0 Å². The van der Waals surface area contributed by atoms with Gasteiger partial charge in [0.25, 0.3) is 5.91 Å². The van der Waals surface area contributed by atoms with E-state index in [1.54, 1.807) is 6.07 Å². The zero-order chi connectivity index (χ0) is 10.7. The van der Waals surface area contributed by atoms with Gasteiger partial charge in [0.1, 0.15) is 5.82 Å². The van der Waals surface area contributed by atoms with Crippen LogP contribution in [-0.4, -0.2) is 11.9 Å². The Kier molecular flexibility index (Phi) is 3.63. The molecule has 0 unspecified atom stereocenters. The van der Waals surface area contributed by atoms with Crippen molar-refractivity contribution in [3.63, 3.8) is 0 Å². The molecular weight excluding hydrogens is 249 g/mol. The Morgan fingerprint density at radius 1 is 1.50 bits per heavy atom. The van der Waals surface area contributed by atoms with Crippen molar-refractivity contribution in [3.8, 4) is 0 Å². The number of hydrogen-bond acceptors (Lipinski definition) is 1. The van der Waals surface area contributed by atoms with Crippen LogP contribution >= 0.6 is 15.9 Å². The molecule has 0 radical (unpaired) electrons. The fourth-order valence-electron chi connectivity index (χ4n) is 0.983. The van der Waals surface area contributed by atoms with Gasteiger partial charge in [-0.3, -0.25) is 4.79 Å². The van der Waals surface area contributed by atoms with Gasteiger partial charge in [0.15, 0.2) is 0 Å². The van der Waals surface area contributed by atoms with Gasteiger partial charge in [-0.25, -0.2) is 4.39 Å². The van der Waals surface area contributed by atoms with E-state index in [2.05, 4.69) is 21.2 Å². The van der Waals surface area contributed by atoms with Gasteiger partial charge in [-0.1, -0.05) is 0 Å². The highest BCUT2D eigenvalue weighted by atomic mass is 79.9. The van der Waals surface area contributed by atoms with Crippen molar-refractivity contribution in [2.24, 2.45) is 0 Å². The van der Waals surface area contributed by atoms with E-state index in [1.165, 1.54) is 12.1 Å². The van der Waals surface area contributed by atoms with E-state index in [1.807, 2.05) is 13.8 Å². The van der Waals surface area contributed by atoms with Crippen LogP contribution in [0.3, 0.4) is 0 Å². The molecule has 0 bridgehead atoms. The van der Waals surface area contributed by atoms with Crippen molar-refractivity contribution in [3.05, 3.63) is 34.1 Å².